The van der Waals surface area contributed by atoms with Gasteiger partial charge in [0, 0.05) is 28.9 Å². The summed E-state index contributed by atoms with van der Waals surface area (Å²) in [7, 11) is -3.42. The van der Waals surface area contributed by atoms with Crippen molar-refractivity contribution in [2.75, 3.05) is 11.0 Å². The zero-order valence-electron chi connectivity index (χ0n) is 21.1. The Kier molecular flexibility index (Phi) is 7.15. The smallest absolute Gasteiger partial charge is 0.416 e. The van der Waals surface area contributed by atoms with Gasteiger partial charge in [0.1, 0.15) is 28.7 Å². The Balaban J connectivity index is 1.35. The van der Waals surface area contributed by atoms with E-state index in [0.29, 0.717) is 50.0 Å². The fourth-order valence-electron chi connectivity index (χ4n) is 3.92. The number of nitrogens with one attached hydrogen (secondary N) is 1. The molecular weight excluding hydrogens is 565 g/mol. The molecule has 0 spiro atoms. The lowest BCUT2D eigenvalue weighted by Gasteiger charge is -2.08. The van der Waals surface area contributed by atoms with Gasteiger partial charge in [-0.1, -0.05) is 12.1 Å². The number of alkyl halides is 3. The van der Waals surface area contributed by atoms with Crippen molar-refractivity contribution >= 4 is 38.0 Å². The minimum atomic E-state index is -4.40. The SMILES string of the molecule is Cc1nc(-c2ccc(C(F)(F)F)cc2)sc1COc1ccc2c(=O)cc(-c3ccc(NS(C)(=O)=O)cc3)oc2c1. The molecule has 3 aromatic carbocycles. The molecule has 0 unspecified atom stereocenters. The van der Waals surface area contributed by atoms with Gasteiger partial charge < -0.3 is 9.15 Å². The van der Waals surface area contributed by atoms with Crippen LogP contribution in [0.4, 0.5) is 18.9 Å². The van der Waals surface area contributed by atoms with E-state index in [1.807, 2.05) is 0 Å². The summed E-state index contributed by atoms with van der Waals surface area (Å²) in [5.41, 5.74) is 1.58. The van der Waals surface area contributed by atoms with Crippen LogP contribution in [0.15, 0.2) is 82.0 Å². The fraction of sp³-hybridized carbons (Fsp3) is 0.143. The first-order valence-electron chi connectivity index (χ1n) is 11.8. The summed E-state index contributed by atoms with van der Waals surface area (Å²) < 4.78 is 75.8. The highest BCUT2D eigenvalue weighted by Gasteiger charge is 2.30. The number of fused-ring (bicyclic) bond motifs is 1. The standard InChI is InChI=1S/C28H21F3N2O5S2/c1-16-26(39-27(32-16)18-3-7-19(8-4-18)28(29,30)31)15-37-21-11-12-22-23(34)14-24(38-25(22)13-21)17-5-9-20(10-6-17)33-40(2,35)36/h3-14,33H,15H2,1-2H3. The van der Waals surface area contributed by atoms with E-state index in [1.54, 1.807) is 49.4 Å². The van der Waals surface area contributed by atoms with Crippen molar-refractivity contribution in [2.24, 2.45) is 0 Å². The number of hydrogen-bond acceptors (Lipinski definition) is 7. The van der Waals surface area contributed by atoms with E-state index in [-0.39, 0.29) is 12.0 Å². The van der Waals surface area contributed by atoms with Gasteiger partial charge in [0.15, 0.2) is 5.43 Å². The van der Waals surface area contributed by atoms with Crippen molar-refractivity contribution in [2.45, 2.75) is 19.7 Å². The van der Waals surface area contributed by atoms with Gasteiger partial charge in [-0.15, -0.1) is 11.3 Å². The third-order valence-corrected chi connectivity index (χ3v) is 7.68. The van der Waals surface area contributed by atoms with Crippen LogP contribution < -0.4 is 14.9 Å². The molecule has 5 aromatic rings. The van der Waals surface area contributed by atoms with Crippen molar-refractivity contribution in [3.05, 3.63) is 99.2 Å². The van der Waals surface area contributed by atoms with E-state index in [4.69, 9.17) is 9.15 Å². The van der Waals surface area contributed by atoms with Crippen molar-refractivity contribution in [1.29, 1.82) is 0 Å². The Morgan fingerprint density at radius 1 is 0.975 bits per heavy atom. The Hall–Kier alpha value is -4.16. The third-order valence-electron chi connectivity index (χ3n) is 5.90. The van der Waals surface area contributed by atoms with E-state index in [9.17, 15) is 26.4 Å². The topological polar surface area (TPSA) is 98.5 Å². The predicted molar refractivity (Wildman–Crippen MR) is 148 cm³/mol. The molecule has 0 radical (unpaired) electrons. The Morgan fingerprint density at radius 2 is 1.65 bits per heavy atom. The maximum absolute atomic E-state index is 12.9. The summed E-state index contributed by atoms with van der Waals surface area (Å²) in [4.78, 5) is 18.0. The number of benzene rings is 3. The Labute approximate surface area is 230 Å². The molecule has 5 rings (SSSR count). The summed E-state index contributed by atoms with van der Waals surface area (Å²) in [5.74, 6) is 0.754. The molecule has 0 saturated heterocycles. The van der Waals surface area contributed by atoms with Gasteiger partial charge in [-0.3, -0.25) is 9.52 Å². The summed E-state index contributed by atoms with van der Waals surface area (Å²) in [5, 5.41) is 0.946. The highest BCUT2D eigenvalue weighted by atomic mass is 32.2. The predicted octanol–water partition coefficient (Wildman–Crippen LogP) is 6.86. The van der Waals surface area contributed by atoms with Crippen molar-refractivity contribution in [3.63, 3.8) is 0 Å². The van der Waals surface area contributed by atoms with E-state index < -0.39 is 21.8 Å². The van der Waals surface area contributed by atoms with Crippen LogP contribution in [0, 0.1) is 6.92 Å². The lowest BCUT2D eigenvalue weighted by molar-refractivity contribution is -0.137. The first kappa shape index (κ1) is 27.4. The molecule has 0 atom stereocenters. The number of aryl methyl sites for hydroxylation is 1. The average Bonchev–Trinajstić information content (AvgIpc) is 3.26. The molecule has 2 aromatic heterocycles. The molecular formula is C28H21F3N2O5S2. The second-order valence-corrected chi connectivity index (χ2v) is 11.8. The Morgan fingerprint density at radius 3 is 2.30 bits per heavy atom. The largest absolute Gasteiger partial charge is 0.488 e. The van der Waals surface area contributed by atoms with E-state index >= 15 is 0 Å². The molecule has 0 aliphatic carbocycles. The molecule has 2 heterocycles. The summed E-state index contributed by atoms with van der Waals surface area (Å²) >= 11 is 1.32. The quantitative estimate of drug-likeness (QED) is 0.224. The van der Waals surface area contributed by atoms with Gasteiger partial charge >= 0.3 is 6.18 Å². The number of thiazole rings is 1. The van der Waals surface area contributed by atoms with Crippen LogP contribution in [-0.4, -0.2) is 19.7 Å². The van der Waals surface area contributed by atoms with Gasteiger partial charge in [0.2, 0.25) is 10.0 Å². The zero-order valence-corrected chi connectivity index (χ0v) is 22.7. The summed E-state index contributed by atoms with van der Waals surface area (Å²) in [6.07, 6.45) is -3.35. The molecule has 0 fully saturated rings. The number of anilines is 1. The second-order valence-electron chi connectivity index (χ2n) is 8.98. The van der Waals surface area contributed by atoms with Crippen molar-refractivity contribution in [1.82, 2.24) is 4.98 Å². The molecule has 7 nitrogen and oxygen atoms in total. The Bertz CT molecular complexity index is 1860. The molecule has 0 bridgehead atoms. The summed E-state index contributed by atoms with van der Waals surface area (Å²) in [6, 6.07) is 17.5. The number of sulfonamides is 1. The lowest BCUT2D eigenvalue weighted by Crippen LogP contribution is -2.09. The second kappa shape index (κ2) is 10.4. The van der Waals surface area contributed by atoms with Gasteiger partial charge in [0.25, 0.3) is 0 Å². The van der Waals surface area contributed by atoms with Gasteiger partial charge in [0.05, 0.1) is 27.8 Å². The van der Waals surface area contributed by atoms with E-state index in [0.717, 1.165) is 23.3 Å². The van der Waals surface area contributed by atoms with Crippen LogP contribution in [0.25, 0.3) is 32.9 Å². The molecule has 40 heavy (non-hydrogen) atoms. The van der Waals surface area contributed by atoms with Crippen LogP contribution in [-0.2, 0) is 22.8 Å². The molecule has 12 heteroatoms. The molecule has 206 valence electrons. The number of rotatable bonds is 7. The van der Waals surface area contributed by atoms with Crippen LogP contribution >= 0.6 is 11.3 Å². The van der Waals surface area contributed by atoms with Gasteiger partial charge in [-0.05, 0) is 55.5 Å². The molecule has 0 aliphatic heterocycles. The normalized spacial score (nSPS) is 12.0. The molecule has 0 amide bonds. The number of nitrogens with zero attached hydrogens (tertiary/aromatic N) is 1. The average molecular weight is 587 g/mol. The highest BCUT2D eigenvalue weighted by molar-refractivity contribution is 7.92. The molecule has 0 saturated carbocycles. The van der Waals surface area contributed by atoms with Gasteiger partial charge in [-0.2, -0.15) is 13.2 Å². The molecule has 1 N–H and O–H groups in total. The first-order valence-corrected chi connectivity index (χ1v) is 14.5. The number of ether oxygens (including phenoxy) is 1. The maximum Gasteiger partial charge on any atom is 0.416 e. The highest BCUT2D eigenvalue weighted by Crippen LogP contribution is 2.34. The minimum Gasteiger partial charge on any atom is -0.488 e. The minimum absolute atomic E-state index is 0.161. The monoisotopic (exact) mass is 586 g/mol. The van der Waals surface area contributed by atoms with Crippen LogP contribution in [0.1, 0.15) is 16.1 Å². The zero-order chi connectivity index (χ0) is 28.7. The number of aromatic nitrogens is 1. The third kappa shape index (κ3) is 6.18. The first-order chi connectivity index (χ1) is 18.9. The van der Waals surface area contributed by atoms with Crippen LogP contribution in [0.2, 0.25) is 0 Å². The number of halogens is 3. The van der Waals surface area contributed by atoms with Crippen LogP contribution in [0.3, 0.4) is 0 Å². The van der Waals surface area contributed by atoms with E-state index in [1.165, 1.54) is 29.5 Å². The molecule has 0 aliphatic rings. The van der Waals surface area contributed by atoms with Gasteiger partial charge in [-0.25, -0.2) is 13.4 Å². The maximum atomic E-state index is 12.9. The number of hydrogen-bond donors (Lipinski definition) is 1. The van der Waals surface area contributed by atoms with E-state index in [2.05, 4.69) is 9.71 Å². The van der Waals surface area contributed by atoms with Crippen LogP contribution in [0.5, 0.6) is 5.75 Å². The lowest BCUT2D eigenvalue weighted by atomic mass is 10.1. The van der Waals surface area contributed by atoms with Crippen molar-refractivity contribution < 1.29 is 30.7 Å². The fourth-order valence-corrected chi connectivity index (χ4v) is 5.47. The van der Waals surface area contributed by atoms with Crippen molar-refractivity contribution in [3.8, 4) is 27.6 Å². The summed E-state index contributed by atoms with van der Waals surface area (Å²) in [6.45, 7) is 1.96.